The maximum atomic E-state index is 6.37. The molecule has 0 bridgehead atoms. The van der Waals surface area contributed by atoms with E-state index in [1.807, 2.05) is 19.2 Å². The van der Waals surface area contributed by atoms with Crippen molar-refractivity contribution in [3.05, 3.63) is 66.7 Å². The van der Waals surface area contributed by atoms with Crippen molar-refractivity contribution in [2.24, 2.45) is 0 Å². The molecule has 0 fully saturated rings. The van der Waals surface area contributed by atoms with Gasteiger partial charge in [0.05, 0.1) is 5.02 Å². The van der Waals surface area contributed by atoms with Gasteiger partial charge in [-0.1, -0.05) is 35.9 Å². The Morgan fingerprint density at radius 2 is 1.89 bits per heavy atom. The summed E-state index contributed by atoms with van der Waals surface area (Å²) >= 11 is 12.2. The van der Waals surface area contributed by atoms with Crippen LogP contribution in [-0.2, 0) is 6.42 Å². The Morgan fingerprint density at radius 1 is 1.21 bits per heavy atom. The molecule has 0 amide bonds. The number of benzene rings is 2. The highest BCUT2D eigenvalue weighted by Crippen LogP contribution is 2.31. The zero-order valence-electron chi connectivity index (χ0n) is 10.5. The average Bonchev–Trinajstić information content (AvgIpc) is 2.42. The van der Waals surface area contributed by atoms with Crippen molar-refractivity contribution < 1.29 is 0 Å². The molecule has 0 aliphatic rings. The van der Waals surface area contributed by atoms with Gasteiger partial charge in [0, 0.05) is 14.1 Å². The quantitative estimate of drug-likeness (QED) is 0.631. The Labute approximate surface area is 141 Å². The van der Waals surface area contributed by atoms with Gasteiger partial charge in [-0.25, -0.2) is 0 Å². The molecule has 0 aromatic heterocycles. The Kier molecular flexibility index (Phi) is 5.69. The first-order valence-electron chi connectivity index (χ1n) is 5.97. The molecule has 0 spiro atoms. The highest BCUT2D eigenvalue weighted by molar-refractivity contribution is 14.1. The number of hydrogen-bond donors (Lipinski definition) is 1. The molecule has 4 heteroatoms. The smallest absolute Gasteiger partial charge is 0.0595 e. The second-order valence-corrected chi connectivity index (χ2v) is 6.79. The SMILES string of the molecule is CNC(Cc1ccc(I)cc1)c1cccc(Br)c1Cl. The summed E-state index contributed by atoms with van der Waals surface area (Å²) in [7, 11) is 1.97. The normalized spacial score (nSPS) is 12.4. The van der Waals surface area contributed by atoms with Crippen molar-refractivity contribution in [2.75, 3.05) is 7.05 Å². The van der Waals surface area contributed by atoms with Gasteiger partial charge in [0.1, 0.15) is 0 Å². The zero-order chi connectivity index (χ0) is 13.8. The second-order valence-electron chi connectivity index (χ2n) is 4.31. The summed E-state index contributed by atoms with van der Waals surface area (Å²) in [5.74, 6) is 0. The van der Waals surface area contributed by atoms with Crippen molar-refractivity contribution in [2.45, 2.75) is 12.5 Å². The molecular weight excluding hydrogens is 436 g/mol. The van der Waals surface area contributed by atoms with Crippen molar-refractivity contribution in [1.82, 2.24) is 5.32 Å². The molecule has 0 radical (unpaired) electrons. The van der Waals surface area contributed by atoms with Gasteiger partial charge in [0.2, 0.25) is 0 Å². The van der Waals surface area contributed by atoms with E-state index in [1.54, 1.807) is 0 Å². The van der Waals surface area contributed by atoms with Crippen LogP contribution in [0.5, 0.6) is 0 Å². The first-order valence-corrected chi connectivity index (χ1v) is 8.22. The third kappa shape index (κ3) is 3.94. The fourth-order valence-corrected chi connectivity index (χ4v) is 3.01. The average molecular weight is 451 g/mol. The molecule has 2 rings (SSSR count). The molecule has 1 nitrogen and oxygen atoms in total. The maximum Gasteiger partial charge on any atom is 0.0595 e. The van der Waals surface area contributed by atoms with E-state index in [2.05, 4.69) is 74.2 Å². The molecule has 0 saturated carbocycles. The van der Waals surface area contributed by atoms with Crippen LogP contribution in [0.3, 0.4) is 0 Å². The molecule has 1 atom stereocenters. The largest absolute Gasteiger partial charge is 0.313 e. The van der Waals surface area contributed by atoms with Gasteiger partial charge in [-0.05, 0) is 81.3 Å². The summed E-state index contributed by atoms with van der Waals surface area (Å²) in [5, 5.41) is 4.13. The third-order valence-electron chi connectivity index (χ3n) is 3.06. The van der Waals surface area contributed by atoms with E-state index in [4.69, 9.17) is 11.6 Å². The molecule has 2 aromatic rings. The van der Waals surface area contributed by atoms with Crippen LogP contribution in [0.1, 0.15) is 17.2 Å². The van der Waals surface area contributed by atoms with Crippen LogP contribution in [-0.4, -0.2) is 7.05 Å². The number of likely N-dealkylation sites (N-methyl/N-ethyl adjacent to an activating group) is 1. The first-order chi connectivity index (χ1) is 9.11. The summed E-state index contributed by atoms with van der Waals surface area (Å²) in [6, 6.07) is 14.9. The highest BCUT2D eigenvalue weighted by atomic mass is 127. The molecule has 0 heterocycles. The van der Waals surface area contributed by atoms with Crippen LogP contribution < -0.4 is 5.32 Å². The second kappa shape index (κ2) is 7.07. The van der Waals surface area contributed by atoms with Gasteiger partial charge in [-0.2, -0.15) is 0 Å². The van der Waals surface area contributed by atoms with Gasteiger partial charge >= 0.3 is 0 Å². The Morgan fingerprint density at radius 3 is 2.53 bits per heavy atom. The van der Waals surface area contributed by atoms with Crippen molar-refractivity contribution in [3.8, 4) is 0 Å². The van der Waals surface area contributed by atoms with Crippen LogP contribution in [0.15, 0.2) is 46.9 Å². The Bertz CT molecular complexity index is 557. The van der Waals surface area contributed by atoms with E-state index < -0.39 is 0 Å². The van der Waals surface area contributed by atoms with Crippen LogP contribution in [0.4, 0.5) is 0 Å². The lowest BCUT2D eigenvalue weighted by atomic mass is 9.99. The third-order valence-corrected chi connectivity index (χ3v) is 5.09. The predicted octanol–water partition coefficient (Wildman–Crippen LogP) is 5.21. The monoisotopic (exact) mass is 449 g/mol. The molecule has 100 valence electrons. The Balaban J connectivity index is 2.25. The van der Waals surface area contributed by atoms with Crippen LogP contribution in [0.25, 0.3) is 0 Å². The van der Waals surface area contributed by atoms with E-state index >= 15 is 0 Å². The van der Waals surface area contributed by atoms with Gasteiger partial charge in [-0.3, -0.25) is 0 Å². The van der Waals surface area contributed by atoms with Crippen molar-refractivity contribution >= 4 is 50.1 Å². The van der Waals surface area contributed by atoms with E-state index in [0.29, 0.717) is 0 Å². The zero-order valence-corrected chi connectivity index (χ0v) is 15.0. The molecule has 0 saturated heterocycles. The predicted molar refractivity (Wildman–Crippen MR) is 93.8 cm³/mol. The highest BCUT2D eigenvalue weighted by Gasteiger charge is 2.15. The fraction of sp³-hybridized carbons (Fsp3) is 0.200. The van der Waals surface area contributed by atoms with Crippen LogP contribution >= 0.6 is 50.1 Å². The molecule has 2 aromatic carbocycles. The van der Waals surface area contributed by atoms with E-state index in [0.717, 1.165) is 21.5 Å². The summed E-state index contributed by atoms with van der Waals surface area (Å²) in [6.45, 7) is 0. The lowest BCUT2D eigenvalue weighted by Gasteiger charge is -2.19. The minimum atomic E-state index is 0.213. The van der Waals surface area contributed by atoms with E-state index in [1.165, 1.54) is 9.13 Å². The molecular formula is C15H14BrClIN. The summed E-state index contributed by atoms with van der Waals surface area (Å²) in [4.78, 5) is 0. The molecule has 1 N–H and O–H groups in total. The molecule has 0 aliphatic heterocycles. The number of halogens is 3. The molecule has 0 aliphatic carbocycles. The standard InChI is InChI=1S/C15H14BrClIN/c1-19-14(9-10-5-7-11(18)8-6-10)12-3-2-4-13(16)15(12)17/h2-8,14,19H,9H2,1H3. The van der Waals surface area contributed by atoms with Gasteiger partial charge in [0.15, 0.2) is 0 Å². The number of nitrogens with one attached hydrogen (secondary N) is 1. The maximum absolute atomic E-state index is 6.37. The fourth-order valence-electron chi connectivity index (χ4n) is 2.01. The van der Waals surface area contributed by atoms with E-state index in [-0.39, 0.29) is 6.04 Å². The minimum Gasteiger partial charge on any atom is -0.313 e. The molecule has 19 heavy (non-hydrogen) atoms. The van der Waals surface area contributed by atoms with E-state index in [9.17, 15) is 0 Å². The van der Waals surface area contributed by atoms with Crippen molar-refractivity contribution in [3.63, 3.8) is 0 Å². The number of hydrogen-bond acceptors (Lipinski definition) is 1. The van der Waals surface area contributed by atoms with Crippen molar-refractivity contribution in [1.29, 1.82) is 0 Å². The van der Waals surface area contributed by atoms with Gasteiger partial charge in [0.25, 0.3) is 0 Å². The first kappa shape index (κ1) is 15.3. The van der Waals surface area contributed by atoms with Gasteiger partial charge in [-0.15, -0.1) is 0 Å². The molecule has 1 unspecified atom stereocenters. The minimum absolute atomic E-state index is 0.213. The lowest BCUT2D eigenvalue weighted by Crippen LogP contribution is -2.19. The summed E-state index contributed by atoms with van der Waals surface area (Å²) in [6.07, 6.45) is 0.920. The summed E-state index contributed by atoms with van der Waals surface area (Å²) < 4.78 is 2.19. The van der Waals surface area contributed by atoms with Crippen LogP contribution in [0, 0.1) is 3.57 Å². The summed E-state index contributed by atoms with van der Waals surface area (Å²) in [5.41, 5.74) is 2.42. The lowest BCUT2D eigenvalue weighted by molar-refractivity contribution is 0.592. The van der Waals surface area contributed by atoms with Crippen LogP contribution in [0.2, 0.25) is 5.02 Å². The Hall–Kier alpha value is -0.100. The topological polar surface area (TPSA) is 12.0 Å². The number of rotatable bonds is 4. The van der Waals surface area contributed by atoms with Gasteiger partial charge < -0.3 is 5.32 Å².